The molecule has 0 aliphatic carbocycles. The van der Waals surface area contributed by atoms with E-state index in [-0.39, 0.29) is 17.5 Å². The lowest BCUT2D eigenvalue weighted by atomic mass is 9.96. The Labute approximate surface area is 166 Å². The number of aromatic amines is 1. The Morgan fingerprint density at radius 3 is 2.71 bits per heavy atom. The van der Waals surface area contributed by atoms with Crippen LogP contribution >= 0.6 is 0 Å². The Morgan fingerprint density at radius 1 is 1.29 bits per heavy atom. The molecule has 0 unspecified atom stereocenters. The zero-order chi connectivity index (χ0) is 20.1. The molecular formula is C20H34N6O2. The second kappa shape index (κ2) is 9.41. The van der Waals surface area contributed by atoms with Crippen molar-refractivity contribution in [3.05, 3.63) is 10.5 Å². The lowest BCUT2D eigenvalue weighted by Gasteiger charge is -2.32. The van der Waals surface area contributed by atoms with E-state index >= 15 is 0 Å². The molecule has 0 spiro atoms. The van der Waals surface area contributed by atoms with Gasteiger partial charge in [-0.3, -0.25) is 4.57 Å². The first kappa shape index (κ1) is 20.6. The van der Waals surface area contributed by atoms with Crippen molar-refractivity contribution in [1.29, 1.82) is 0 Å². The van der Waals surface area contributed by atoms with E-state index in [9.17, 15) is 4.79 Å². The van der Waals surface area contributed by atoms with Crippen LogP contribution in [0.1, 0.15) is 52.9 Å². The SMILES string of the molecule is CCCCOc1nc(N)c2[nH]c(=O)n(CC3CCN(CCC(C)C)CC3)c2n1. The molecule has 3 N–H and O–H groups in total. The fourth-order valence-electron chi connectivity index (χ4n) is 3.66. The van der Waals surface area contributed by atoms with Crippen molar-refractivity contribution in [2.45, 2.75) is 59.4 Å². The molecule has 1 aliphatic rings. The molecule has 3 heterocycles. The number of hydrogen-bond donors (Lipinski definition) is 2. The van der Waals surface area contributed by atoms with Gasteiger partial charge in [0, 0.05) is 6.54 Å². The molecule has 0 amide bonds. The van der Waals surface area contributed by atoms with Crippen molar-refractivity contribution in [3.63, 3.8) is 0 Å². The fourth-order valence-corrected chi connectivity index (χ4v) is 3.66. The number of nitrogens with one attached hydrogen (secondary N) is 1. The number of hydrogen-bond acceptors (Lipinski definition) is 6. The van der Waals surface area contributed by atoms with E-state index in [2.05, 4.69) is 40.6 Å². The normalized spacial score (nSPS) is 16.3. The van der Waals surface area contributed by atoms with Crippen LogP contribution in [0, 0.1) is 11.8 Å². The summed E-state index contributed by atoms with van der Waals surface area (Å²) in [5, 5.41) is 0. The van der Waals surface area contributed by atoms with Crippen molar-refractivity contribution in [2.75, 3.05) is 32.0 Å². The highest BCUT2D eigenvalue weighted by Crippen LogP contribution is 2.23. The van der Waals surface area contributed by atoms with Crippen molar-refractivity contribution >= 4 is 17.0 Å². The minimum absolute atomic E-state index is 0.177. The van der Waals surface area contributed by atoms with Crippen LogP contribution in [0.25, 0.3) is 11.2 Å². The fraction of sp³-hybridized carbons (Fsp3) is 0.750. The molecule has 8 nitrogen and oxygen atoms in total. The smallest absolute Gasteiger partial charge is 0.327 e. The molecule has 0 bridgehead atoms. The summed E-state index contributed by atoms with van der Waals surface area (Å²) >= 11 is 0. The van der Waals surface area contributed by atoms with Crippen molar-refractivity contribution in [2.24, 2.45) is 11.8 Å². The molecule has 0 radical (unpaired) electrons. The van der Waals surface area contributed by atoms with E-state index in [0.717, 1.165) is 44.7 Å². The number of rotatable bonds is 9. The first-order valence-electron chi connectivity index (χ1n) is 10.6. The molecule has 2 aromatic heterocycles. The maximum Gasteiger partial charge on any atom is 0.327 e. The molecule has 8 heteroatoms. The Morgan fingerprint density at radius 2 is 2.04 bits per heavy atom. The zero-order valence-corrected chi connectivity index (χ0v) is 17.4. The number of aromatic nitrogens is 4. The molecule has 156 valence electrons. The lowest BCUT2D eigenvalue weighted by molar-refractivity contribution is 0.167. The van der Waals surface area contributed by atoms with Gasteiger partial charge < -0.3 is 20.4 Å². The topological polar surface area (TPSA) is 102 Å². The van der Waals surface area contributed by atoms with Crippen LogP contribution in [0.15, 0.2) is 4.79 Å². The molecule has 3 rings (SSSR count). The first-order valence-corrected chi connectivity index (χ1v) is 10.6. The maximum atomic E-state index is 12.5. The van der Waals surface area contributed by atoms with Crippen molar-refractivity contribution < 1.29 is 4.74 Å². The highest BCUT2D eigenvalue weighted by Gasteiger charge is 2.22. The predicted molar refractivity (Wildman–Crippen MR) is 112 cm³/mol. The standard InChI is InChI=1S/C20H34N6O2/c1-4-5-12-28-19-23-17(21)16-18(24-19)26(20(27)22-16)13-15-7-10-25(11-8-15)9-6-14(2)3/h14-15H,4-13H2,1-3H3,(H,22,27)(H2,21,23,24). The number of nitrogens with two attached hydrogens (primary N) is 1. The van der Waals surface area contributed by atoms with Crippen LogP contribution < -0.4 is 16.2 Å². The Hall–Kier alpha value is -2.09. The van der Waals surface area contributed by atoms with Gasteiger partial charge in [-0.25, -0.2) is 4.79 Å². The number of nitrogen functional groups attached to an aromatic ring is 1. The summed E-state index contributed by atoms with van der Waals surface area (Å²) in [7, 11) is 0. The highest BCUT2D eigenvalue weighted by atomic mass is 16.5. The monoisotopic (exact) mass is 390 g/mol. The maximum absolute atomic E-state index is 12.5. The van der Waals surface area contributed by atoms with Crippen LogP contribution in [-0.4, -0.2) is 50.7 Å². The molecule has 1 saturated heterocycles. The van der Waals surface area contributed by atoms with E-state index in [4.69, 9.17) is 10.5 Å². The van der Waals surface area contributed by atoms with Gasteiger partial charge in [-0.05, 0) is 57.2 Å². The molecule has 28 heavy (non-hydrogen) atoms. The molecule has 0 aromatic carbocycles. The molecule has 0 saturated carbocycles. The van der Waals surface area contributed by atoms with Gasteiger partial charge in [0.15, 0.2) is 11.5 Å². The summed E-state index contributed by atoms with van der Waals surface area (Å²) in [6.07, 6.45) is 5.39. The van der Waals surface area contributed by atoms with Gasteiger partial charge in [0.2, 0.25) is 0 Å². The largest absolute Gasteiger partial charge is 0.463 e. The summed E-state index contributed by atoms with van der Waals surface area (Å²) in [5.41, 5.74) is 6.90. The number of anilines is 1. The van der Waals surface area contributed by atoms with Crippen molar-refractivity contribution in [3.8, 4) is 6.01 Å². The van der Waals surface area contributed by atoms with Crippen LogP contribution in [0.3, 0.4) is 0 Å². The van der Waals surface area contributed by atoms with Gasteiger partial charge in [-0.2, -0.15) is 9.97 Å². The number of H-pyrrole nitrogens is 1. The van der Waals surface area contributed by atoms with E-state index in [0.29, 0.717) is 30.2 Å². The summed E-state index contributed by atoms with van der Waals surface area (Å²) in [5.74, 6) is 1.46. The number of ether oxygens (including phenoxy) is 1. The van der Waals surface area contributed by atoms with Gasteiger partial charge >= 0.3 is 11.7 Å². The van der Waals surface area contributed by atoms with E-state index < -0.39 is 0 Å². The average molecular weight is 391 g/mol. The zero-order valence-electron chi connectivity index (χ0n) is 17.4. The van der Waals surface area contributed by atoms with Crippen LogP contribution in [0.2, 0.25) is 0 Å². The summed E-state index contributed by atoms with van der Waals surface area (Å²) in [4.78, 5) is 26.5. The minimum Gasteiger partial charge on any atom is -0.463 e. The summed E-state index contributed by atoms with van der Waals surface area (Å²) in [6.45, 7) is 11.2. The molecule has 1 aliphatic heterocycles. The number of imidazole rings is 1. The average Bonchev–Trinajstić information content (AvgIpc) is 2.98. The van der Waals surface area contributed by atoms with Gasteiger partial charge in [-0.15, -0.1) is 0 Å². The Bertz CT molecular complexity index is 820. The number of unbranched alkanes of at least 4 members (excludes halogenated alkanes) is 1. The van der Waals surface area contributed by atoms with E-state index in [1.807, 2.05) is 0 Å². The van der Waals surface area contributed by atoms with Crippen molar-refractivity contribution in [1.82, 2.24) is 24.4 Å². The number of nitrogens with zero attached hydrogens (tertiary/aromatic N) is 4. The minimum atomic E-state index is -0.177. The highest BCUT2D eigenvalue weighted by molar-refractivity contribution is 5.81. The predicted octanol–water partition coefficient (Wildman–Crippen LogP) is 2.64. The summed E-state index contributed by atoms with van der Waals surface area (Å²) < 4.78 is 7.31. The Kier molecular flexibility index (Phi) is 6.93. The third-order valence-corrected chi connectivity index (χ3v) is 5.53. The quantitative estimate of drug-likeness (QED) is 0.638. The lowest BCUT2D eigenvalue weighted by Crippen LogP contribution is -2.37. The summed E-state index contributed by atoms with van der Waals surface area (Å²) in [6, 6.07) is 0.245. The van der Waals surface area contributed by atoms with E-state index in [1.54, 1.807) is 4.57 Å². The number of fused-ring (bicyclic) bond motifs is 1. The second-order valence-electron chi connectivity index (χ2n) is 8.30. The number of likely N-dealkylation sites (tertiary alicyclic amines) is 1. The first-order chi connectivity index (χ1) is 13.5. The van der Waals surface area contributed by atoms with Gasteiger partial charge in [0.25, 0.3) is 0 Å². The third kappa shape index (κ3) is 5.04. The second-order valence-corrected chi connectivity index (χ2v) is 8.30. The van der Waals surface area contributed by atoms with Crippen LogP contribution in [-0.2, 0) is 6.54 Å². The number of piperidine rings is 1. The Balaban J connectivity index is 1.69. The van der Waals surface area contributed by atoms with Crippen LogP contribution in [0.4, 0.5) is 5.82 Å². The molecule has 1 fully saturated rings. The van der Waals surface area contributed by atoms with Gasteiger partial charge in [0.1, 0.15) is 5.52 Å². The molecule has 2 aromatic rings. The van der Waals surface area contributed by atoms with Gasteiger partial charge in [0.05, 0.1) is 6.61 Å². The van der Waals surface area contributed by atoms with E-state index in [1.165, 1.54) is 13.0 Å². The molecule has 0 atom stereocenters. The molecular weight excluding hydrogens is 356 g/mol. The van der Waals surface area contributed by atoms with Gasteiger partial charge in [-0.1, -0.05) is 27.2 Å². The third-order valence-electron chi connectivity index (χ3n) is 5.53. The van der Waals surface area contributed by atoms with Crippen LogP contribution in [0.5, 0.6) is 6.01 Å².